The lowest BCUT2D eigenvalue weighted by molar-refractivity contribution is 0.0625. The molecule has 6 nitrogen and oxygen atoms in total. The smallest absolute Gasteiger partial charge is 0.193 e. The molecule has 1 N–H and O–H groups in total. The molecule has 170 valence electrons. The topological polar surface area (TPSA) is 59.0 Å². The van der Waals surface area contributed by atoms with Crippen LogP contribution >= 0.6 is 24.0 Å². The first-order valence-electron chi connectivity index (χ1n) is 10.9. The summed E-state index contributed by atoms with van der Waals surface area (Å²) < 4.78 is 11.4. The van der Waals surface area contributed by atoms with Crippen LogP contribution in [-0.4, -0.2) is 49.2 Å². The Balaban J connectivity index is 0.00000341. The predicted octanol–water partition coefficient (Wildman–Crippen LogP) is 4.49. The molecule has 0 spiro atoms. The molecule has 3 rings (SSSR count). The fourth-order valence-corrected chi connectivity index (χ4v) is 3.53. The van der Waals surface area contributed by atoms with Crippen molar-refractivity contribution in [2.24, 2.45) is 10.9 Å². The number of ether oxygens (including phenoxy) is 2. The second kappa shape index (κ2) is 14.2. The Kier molecular flexibility index (Phi) is 11.7. The van der Waals surface area contributed by atoms with E-state index in [2.05, 4.69) is 41.3 Å². The molecule has 2 heterocycles. The first kappa shape index (κ1) is 25.4. The van der Waals surface area contributed by atoms with Gasteiger partial charge in [0.15, 0.2) is 5.96 Å². The van der Waals surface area contributed by atoms with E-state index in [0.717, 1.165) is 55.2 Å². The van der Waals surface area contributed by atoms with Gasteiger partial charge < -0.3 is 19.7 Å². The number of rotatable bonds is 9. The molecule has 1 aromatic carbocycles. The van der Waals surface area contributed by atoms with Crippen LogP contribution in [0.1, 0.15) is 37.4 Å². The Labute approximate surface area is 203 Å². The molecule has 0 saturated carbocycles. The summed E-state index contributed by atoms with van der Waals surface area (Å²) in [7, 11) is 2.12. The maximum absolute atomic E-state index is 5.89. The molecule has 1 saturated heterocycles. The van der Waals surface area contributed by atoms with Crippen LogP contribution in [-0.2, 0) is 17.9 Å². The van der Waals surface area contributed by atoms with Crippen LogP contribution in [0.5, 0.6) is 5.75 Å². The van der Waals surface area contributed by atoms with Crippen molar-refractivity contribution in [2.45, 2.75) is 39.3 Å². The Bertz CT molecular complexity index is 782. The molecule has 0 amide bonds. The average Bonchev–Trinajstić information content (AvgIpc) is 2.80. The highest BCUT2D eigenvalue weighted by molar-refractivity contribution is 14.0. The Morgan fingerprint density at radius 1 is 1.23 bits per heavy atom. The molecule has 1 aliphatic heterocycles. The second-order valence-electron chi connectivity index (χ2n) is 7.69. The van der Waals surface area contributed by atoms with Gasteiger partial charge in [0.1, 0.15) is 12.4 Å². The SMILES string of the molecule is CCNC(=NCc1cccc(OCc2ccccn2)c1)N(C)CCC1CCOCC1.I. The van der Waals surface area contributed by atoms with Gasteiger partial charge in [-0.1, -0.05) is 18.2 Å². The molecule has 1 aromatic heterocycles. The Morgan fingerprint density at radius 3 is 2.81 bits per heavy atom. The van der Waals surface area contributed by atoms with E-state index >= 15 is 0 Å². The van der Waals surface area contributed by atoms with Gasteiger partial charge in [0.05, 0.1) is 12.2 Å². The monoisotopic (exact) mass is 538 g/mol. The third-order valence-corrected chi connectivity index (χ3v) is 5.33. The lowest BCUT2D eigenvalue weighted by Gasteiger charge is -2.26. The Morgan fingerprint density at radius 2 is 2.06 bits per heavy atom. The molecule has 0 unspecified atom stereocenters. The van der Waals surface area contributed by atoms with Crippen molar-refractivity contribution in [1.29, 1.82) is 0 Å². The highest BCUT2D eigenvalue weighted by Gasteiger charge is 2.15. The van der Waals surface area contributed by atoms with Gasteiger partial charge in [-0.3, -0.25) is 4.98 Å². The van der Waals surface area contributed by atoms with E-state index in [-0.39, 0.29) is 24.0 Å². The zero-order valence-electron chi connectivity index (χ0n) is 18.6. The summed E-state index contributed by atoms with van der Waals surface area (Å²) in [5, 5.41) is 3.41. The van der Waals surface area contributed by atoms with Gasteiger partial charge in [-0.25, -0.2) is 4.99 Å². The summed E-state index contributed by atoms with van der Waals surface area (Å²) >= 11 is 0. The third kappa shape index (κ3) is 9.03. The van der Waals surface area contributed by atoms with E-state index < -0.39 is 0 Å². The summed E-state index contributed by atoms with van der Waals surface area (Å²) in [6.07, 6.45) is 5.31. The number of benzene rings is 1. The minimum Gasteiger partial charge on any atom is -0.487 e. The number of guanidine groups is 1. The van der Waals surface area contributed by atoms with Crippen molar-refractivity contribution in [3.05, 3.63) is 59.9 Å². The average molecular weight is 538 g/mol. The van der Waals surface area contributed by atoms with Gasteiger partial charge in [0.2, 0.25) is 0 Å². The lowest BCUT2D eigenvalue weighted by atomic mass is 9.96. The zero-order valence-corrected chi connectivity index (χ0v) is 21.0. The van der Waals surface area contributed by atoms with Crippen LogP contribution in [0.25, 0.3) is 0 Å². The van der Waals surface area contributed by atoms with Crippen molar-refractivity contribution in [3.8, 4) is 5.75 Å². The second-order valence-corrected chi connectivity index (χ2v) is 7.69. The minimum absolute atomic E-state index is 0. The van der Waals surface area contributed by atoms with Crippen molar-refractivity contribution >= 4 is 29.9 Å². The number of aromatic nitrogens is 1. The first-order valence-corrected chi connectivity index (χ1v) is 10.9. The maximum Gasteiger partial charge on any atom is 0.193 e. The van der Waals surface area contributed by atoms with Crippen LogP contribution in [0.2, 0.25) is 0 Å². The third-order valence-electron chi connectivity index (χ3n) is 5.33. The van der Waals surface area contributed by atoms with Crippen LogP contribution in [0.3, 0.4) is 0 Å². The molecule has 0 aliphatic carbocycles. The lowest BCUT2D eigenvalue weighted by Crippen LogP contribution is -2.40. The molecule has 7 heteroatoms. The molecule has 31 heavy (non-hydrogen) atoms. The molecule has 1 aliphatic rings. The summed E-state index contributed by atoms with van der Waals surface area (Å²) in [5.74, 6) is 2.55. The van der Waals surface area contributed by atoms with Crippen molar-refractivity contribution in [2.75, 3.05) is 33.4 Å². The van der Waals surface area contributed by atoms with E-state index in [1.165, 1.54) is 19.3 Å². The predicted molar refractivity (Wildman–Crippen MR) is 136 cm³/mol. The number of hydrogen-bond donors (Lipinski definition) is 1. The van der Waals surface area contributed by atoms with Crippen LogP contribution in [0.15, 0.2) is 53.7 Å². The molecule has 2 aromatic rings. The highest BCUT2D eigenvalue weighted by Crippen LogP contribution is 2.19. The molecular weight excluding hydrogens is 503 g/mol. The summed E-state index contributed by atoms with van der Waals surface area (Å²) in [5.41, 5.74) is 2.04. The molecule has 0 atom stereocenters. The quantitative estimate of drug-likeness (QED) is 0.290. The largest absolute Gasteiger partial charge is 0.487 e. The normalized spacial score (nSPS) is 14.6. The van der Waals surface area contributed by atoms with E-state index in [9.17, 15) is 0 Å². The van der Waals surface area contributed by atoms with Gasteiger partial charge in [0.25, 0.3) is 0 Å². The first-order chi connectivity index (χ1) is 14.7. The van der Waals surface area contributed by atoms with Gasteiger partial charge in [-0.15, -0.1) is 24.0 Å². The van der Waals surface area contributed by atoms with E-state index in [1.807, 2.05) is 30.3 Å². The zero-order chi connectivity index (χ0) is 21.0. The standard InChI is InChI=1S/C24H34N4O2.HI/c1-3-25-24(28(2)14-10-20-11-15-29-16-12-20)27-18-21-7-6-9-23(17-21)30-19-22-8-4-5-13-26-22;/h4-9,13,17,20H,3,10-12,14-16,18-19H2,1-2H3,(H,25,27);1H. The number of nitrogens with one attached hydrogen (secondary N) is 1. The van der Waals surface area contributed by atoms with Crippen LogP contribution in [0.4, 0.5) is 0 Å². The number of hydrogen-bond acceptors (Lipinski definition) is 4. The van der Waals surface area contributed by atoms with Gasteiger partial charge in [-0.2, -0.15) is 0 Å². The number of halogens is 1. The fraction of sp³-hybridized carbons (Fsp3) is 0.500. The minimum atomic E-state index is 0. The highest BCUT2D eigenvalue weighted by atomic mass is 127. The summed E-state index contributed by atoms with van der Waals surface area (Å²) in [4.78, 5) is 11.4. The van der Waals surface area contributed by atoms with Gasteiger partial charge in [0, 0.05) is 39.5 Å². The number of pyridine rings is 1. The van der Waals surface area contributed by atoms with E-state index in [1.54, 1.807) is 6.20 Å². The van der Waals surface area contributed by atoms with Gasteiger partial charge in [-0.05, 0) is 61.9 Å². The van der Waals surface area contributed by atoms with Gasteiger partial charge >= 0.3 is 0 Å². The molecule has 0 bridgehead atoms. The number of nitrogens with zero attached hydrogens (tertiary/aromatic N) is 3. The van der Waals surface area contributed by atoms with E-state index in [0.29, 0.717) is 13.2 Å². The molecule has 1 fully saturated rings. The van der Waals surface area contributed by atoms with Crippen LogP contribution < -0.4 is 10.1 Å². The van der Waals surface area contributed by atoms with Crippen molar-refractivity contribution in [1.82, 2.24) is 15.2 Å². The Hall–Kier alpha value is -1.87. The summed E-state index contributed by atoms with van der Waals surface area (Å²) in [6.45, 7) is 6.85. The number of aliphatic imine (C=N–C) groups is 1. The van der Waals surface area contributed by atoms with Crippen LogP contribution in [0, 0.1) is 5.92 Å². The van der Waals surface area contributed by atoms with Crippen molar-refractivity contribution in [3.63, 3.8) is 0 Å². The summed E-state index contributed by atoms with van der Waals surface area (Å²) in [6, 6.07) is 14.0. The molecular formula is C24H35IN4O2. The van der Waals surface area contributed by atoms with Crippen molar-refractivity contribution < 1.29 is 9.47 Å². The fourth-order valence-electron chi connectivity index (χ4n) is 3.53. The maximum atomic E-state index is 5.89. The van der Waals surface area contributed by atoms with E-state index in [4.69, 9.17) is 14.5 Å². The molecule has 0 radical (unpaired) electrons.